The maximum absolute atomic E-state index is 13.1. The van der Waals surface area contributed by atoms with Crippen LogP contribution in [0.1, 0.15) is 53.2 Å². The maximum Gasteiger partial charge on any atom is 0.433 e. The van der Waals surface area contributed by atoms with Crippen LogP contribution >= 0.6 is 0 Å². The summed E-state index contributed by atoms with van der Waals surface area (Å²) >= 11 is 0. The highest BCUT2D eigenvalue weighted by Gasteiger charge is 2.42. The first kappa shape index (κ1) is 28.6. The molecule has 0 fully saturated rings. The number of pyridine rings is 1. The number of halogens is 12. The van der Waals surface area contributed by atoms with Crippen molar-refractivity contribution in [3.05, 3.63) is 64.0 Å². The Morgan fingerprint density at radius 3 is 1.37 bits per heavy atom. The van der Waals surface area contributed by atoms with E-state index >= 15 is 0 Å². The number of aliphatic hydroxyl groups is 2. The zero-order valence-electron chi connectivity index (χ0n) is 17.0. The van der Waals surface area contributed by atoms with Crippen molar-refractivity contribution in [3.8, 4) is 0 Å². The molecule has 0 radical (unpaired) electrons. The van der Waals surface area contributed by atoms with E-state index < -0.39 is 76.7 Å². The summed E-state index contributed by atoms with van der Waals surface area (Å²) in [7, 11) is 0. The van der Waals surface area contributed by atoms with Crippen molar-refractivity contribution in [2.24, 2.45) is 0 Å². The van der Waals surface area contributed by atoms with Crippen LogP contribution in [-0.4, -0.2) is 15.2 Å². The van der Waals surface area contributed by atoms with Gasteiger partial charge in [-0.1, -0.05) is 6.92 Å². The molecule has 0 amide bonds. The second-order valence-electron chi connectivity index (χ2n) is 7.22. The summed E-state index contributed by atoms with van der Waals surface area (Å²) < 4.78 is 157. The van der Waals surface area contributed by atoms with Crippen molar-refractivity contribution in [1.82, 2.24) is 10.3 Å². The van der Waals surface area contributed by atoms with Crippen LogP contribution in [0.2, 0.25) is 0 Å². The molecule has 1 aromatic heterocycles. The zero-order valence-corrected chi connectivity index (χ0v) is 17.0. The fraction of sp³-hybridized carbons (Fsp3) is 0.421. The van der Waals surface area contributed by atoms with Crippen molar-refractivity contribution in [2.45, 2.75) is 50.0 Å². The van der Waals surface area contributed by atoms with Crippen molar-refractivity contribution < 1.29 is 62.9 Å². The molecule has 0 spiro atoms. The lowest BCUT2D eigenvalue weighted by Gasteiger charge is -2.33. The predicted molar refractivity (Wildman–Crippen MR) is 93.0 cm³/mol. The monoisotopic (exact) mass is 530 g/mol. The van der Waals surface area contributed by atoms with E-state index in [1.165, 1.54) is 0 Å². The number of nitrogens with zero attached hydrogens (tertiary/aromatic N) is 1. The first-order valence-electron chi connectivity index (χ1n) is 9.22. The summed E-state index contributed by atoms with van der Waals surface area (Å²) in [5.74, 6) is 0. The van der Waals surface area contributed by atoms with Gasteiger partial charge in [0.25, 0.3) is 0 Å². The average Bonchev–Trinajstić information content (AvgIpc) is 2.70. The molecule has 0 saturated heterocycles. The van der Waals surface area contributed by atoms with Gasteiger partial charge in [0.1, 0.15) is 23.3 Å². The van der Waals surface area contributed by atoms with Crippen molar-refractivity contribution >= 4 is 0 Å². The molecule has 35 heavy (non-hydrogen) atoms. The van der Waals surface area contributed by atoms with Crippen LogP contribution in [0.15, 0.2) is 30.3 Å². The van der Waals surface area contributed by atoms with Gasteiger partial charge in [-0.15, -0.1) is 0 Å². The fourth-order valence-electron chi connectivity index (χ4n) is 2.89. The van der Waals surface area contributed by atoms with E-state index in [0.29, 0.717) is 0 Å². The molecular weight excluding hydrogens is 516 g/mol. The number of hydrogen-bond acceptors (Lipinski definition) is 4. The van der Waals surface area contributed by atoms with Crippen LogP contribution in [0.4, 0.5) is 52.7 Å². The standard InChI is InChI=1S/C19H14F12N2O2/c1-2-15(35,9-5-10(16(20,21)22)7-11(6-9)17(23,24)25)33-14(34)8-3-12(18(26,27)28)32-13(4-8)19(29,30)31/h3-7,14,33-35H,2H2,1H3. The van der Waals surface area contributed by atoms with E-state index in [1.807, 2.05) is 0 Å². The fourth-order valence-corrected chi connectivity index (χ4v) is 2.89. The Kier molecular flexibility index (Phi) is 7.47. The third-order valence-corrected chi connectivity index (χ3v) is 4.70. The summed E-state index contributed by atoms with van der Waals surface area (Å²) in [6.07, 6.45) is -24.9. The van der Waals surface area contributed by atoms with E-state index in [2.05, 4.69) is 4.98 Å². The van der Waals surface area contributed by atoms with Gasteiger partial charge >= 0.3 is 24.7 Å². The Morgan fingerprint density at radius 2 is 1.06 bits per heavy atom. The normalized spacial score (nSPS) is 16.2. The van der Waals surface area contributed by atoms with Crippen LogP contribution in [0.5, 0.6) is 0 Å². The Bertz CT molecular complexity index is 995. The number of nitrogens with one attached hydrogen (secondary N) is 1. The van der Waals surface area contributed by atoms with Crippen LogP contribution < -0.4 is 5.32 Å². The summed E-state index contributed by atoms with van der Waals surface area (Å²) in [5, 5.41) is 22.6. The van der Waals surface area contributed by atoms with Crippen molar-refractivity contribution in [2.75, 3.05) is 0 Å². The van der Waals surface area contributed by atoms with Crippen LogP contribution in [-0.2, 0) is 30.4 Å². The number of alkyl halides is 12. The zero-order chi connectivity index (χ0) is 27.2. The van der Waals surface area contributed by atoms with E-state index in [4.69, 9.17) is 0 Å². The number of benzene rings is 1. The smallest absolute Gasteiger partial charge is 0.374 e. The SMILES string of the molecule is CCC(O)(NC(O)c1cc(C(F)(F)F)nc(C(F)(F)F)c1)c1cc(C(F)(F)F)cc(C(F)(F)F)c1. The summed E-state index contributed by atoms with van der Waals surface area (Å²) in [6.45, 7) is 1.02. The molecule has 2 atom stereocenters. The average molecular weight is 530 g/mol. The van der Waals surface area contributed by atoms with Gasteiger partial charge in [-0.05, 0) is 47.9 Å². The van der Waals surface area contributed by atoms with Gasteiger partial charge in [0, 0.05) is 0 Å². The molecule has 4 nitrogen and oxygen atoms in total. The molecule has 2 aromatic rings. The largest absolute Gasteiger partial charge is 0.433 e. The minimum absolute atomic E-state index is 0.0315. The van der Waals surface area contributed by atoms with Gasteiger partial charge in [0.05, 0.1) is 11.1 Å². The van der Waals surface area contributed by atoms with E-state index in [-0.39, 0.29) is 30.3 Å². The molecule has 16 heteroatoms. The lowest BCUT2D eigenvalue weighted by molar-refractivity contribution is -0.150. The first-order valence-corrected chi connectivity index (χ1v) is 9.22. The lowest BCUT2D eigenvalue weighted by atomic mass is 9.94. The molecule has 2 unspecified atom stereocenters. The highest BCUT2D eigenvalue weighted by molar-refractivity contribution is 5.37. The van der Waals surface area contributed by atoms with Gasteiger partial charge in [0.2, 0.25) is 0 Å². The Morgan fingerprint density at radius 1 is 0.686 bits per heavy atom. The van der Waals surface area contributed by atoms with Gasteiger partial charge in [-0.25, -0.2) is 4.98 Å². The molecule has 0 aliphatic carbocycles. The molecule has 2 rings (SSSR count). The topological polar surface area (TPSA) is 65.4 Å². The van der Waals surface area contributed by atoms with E-state index in [0.717, 1.165) is 6.92 Å². The molecule has 3 N–H and O–H groups in total. The van der Waals surface area contributed by atoms with Crippen molar-refractivity contribution in [3.63, 3.8) is 0 Å². The number of hydrogen-bond donors (Lipinski definition) is 3. The molecule has 0 aliphatic rings. The highest BCUT2D eigenvalue weighted by atomic mass is 19.4. The molecule has 0 saturated carbocycles. The van der Waals surface area contributed by atoms with Gasteiger partial charge < -0.3 is 10.2 Å². The van der Waals surface area contributed by atoms with Crippen LogP contribution in [0, 0.1) is 0 Å². The minimum atomic E-state index is -5.42. The second kappa shape index (κ2) is 9.13. The van der Waals surface area contributed by atoms with Gasteiger partial charge in [0.15, 0.2) is 0 Å². The molecule has 0 aliphatic heterocycles. The van der Waals surface area contributed by atoms with Crippen LogP contribution in [0.3, 0.4) is 0 Å². The third kappa shape index (κ3) is 6.76. The van der Waals surface area contributed by atoms with E-state index in [9.17, 15) is 62.9 Å². The second-order valence-corrected chi connectivity index (χ2v) is 7.22. The summed E-state index contributed by atoms with van der Waals surface area (Å²) in [5.41, 5.74) is -13.1. The van der Waals surface area contributed by atoms with E-state index in [1.54, 1.807) is 5.32 Å². The third-order valence-electron chi connectivity index (χ3n) is 4.70. The lowest BCUT2D eigenvalue weighted by Crippen LogP contribution is -2.44. The Labute approximate surface area is 188 Å². The van der Waals surface area contributed by atoms with Crippen LogP contribution in [0.25, 0.3) is 0 Å². The summed E-state index contributed by atoms with van der Waals surface area (Å²) in [4.78, 5) is 2.41. The van der Waals surface area contributed by atoms with Gasteiger partial charge in [-0.2, -0.15) is 52.7 Å². The Balaban J connectivity index is 2.61. The highest BCUT2D eigenvalue weighted by Crippen LogP contribution is 2.40. The number of aliphatic hydroxyl groups excluding tert-OH is 1. The van der Waals surface area contributed by atoms with Crippen molar-refractivity contribution in [1.29, 1.82) is 0 Å². The van der Waals surface area contributed by atoms with Gasteiger partial charge in [-0.3, -0.25) is 5.32 Å². The predicted octanol–water partition coefficient (Wildman–Crippen LogP) is 5.99. The molecule has 1 heterocycles. The number of aromatic nitrogens is 1. The molecule has 196 valence electrons. The minimum Gasteiger partial charge on any atom is -0.374 e. The Hall–Kier alpha value is -2.59. The molecule has 0 bridgehead atoms. The summed E-state index contributed by atoms with van der Waals surface area (Å²) in [6, 6.07) is -0.142. The quantitative estimate of drug-likeness (QED) is 0.328. The number of rotatable bonds is 5. The molecule has 1 aromatic carbocycles. The first-order chi connectivity index (χ1) is 15.6. The maximum atomic E-state index is 13.1. The molecular formula is C19H14F12N2O2.